The van der Waals surface area contributed by atoms with Gasteiger partial charge in [0, 0.05) is 5.56 Å². The summed E-state index contributed by atoms with van der Waals surface area (Å²) in [5, 5.41) is 12.5. The Bertz CT molecular complexity index is 504. The Hall–Kier alpha value is -1.66. The number of nitrogens with zero attached hydrogens (tertiary/aromatic N) is 1. The lowest BCUT2D eigenvalue weighted by Gasteiger charge is -2.17. The van der Waals surface area contributed by atoms with Gasteiger partial charge in [0.05, 0.1) is 19.4 Å². The Morgan fingerprint density at radius 3 is 2.78 bits per heavy atom. The molecule has 0 bridgehead atoms. The van der Waals surface area contributed by atoms with Crippen LogP contribution in [0.15, 0.2) is 18.2 Å². The van der Waals surface area contributed by atoms with E-state index < -0.39 is 0 Å². The molecule has 0 unspecified atom stereocenters. The minimum Gasteiger partial charge on any atom is -0.496 e. The largest absolute Gasteiger partial charge is 0.496 e. The maximum atomic E-state index is 12.0. The highest BCUT2D eigenvalue weighted by Crippen LogP contribution is 2.27. The quantitative estimate of drug-likeness (QED) is 0.792. The van der Waals surface area contributed by atoms with Crippen LogP contribution in [0, 0.1) is 0 Å². The number of carbonyl (C=O) groups excluding carboxylic acids is 1. The molecule has 1 aliphatic heterocycles. The van der Waals surface area contributed by atoms with E-state index in [-0.39, 0.29) is 18.6 Å². The van der Waals surface area contributed by atoms with Crippen LogP contribution in [0.1, 0.15) is 12.5 Å². The number of benzene rings is 1. The van der Waals surface area contributed by atoms with Gasteiger partial charge in [0.15, 0.2) is 5.11 Å². The second-order valence-electron chi connectivity index (χ2n) is 4.00. The van der Waals surface area contributed by atoms with E-state index in [9.17, 15) is 9.90 Å². The zero-order valence-electron chi connectivity index (χ0n) is 10.1. The molecule has 5 nitrogen and oxygen atoms in total. The molecule has 1 aliphatic rings. The molecule has 1 amide bonds. The molecule has 0 saturated carbocycles. The van der Waals surface area contributed by atoms with Crippen molar-refractivity contribution < 1.29 is 14.6 Å². The summed E-state index contributed by atoms with van der Waals surface area (Å²) in [7, 11) is 1.53. The molecule has 1 heterocycles. The fraction of sp³-hybridized carbons (Fsp3) is 0.333. The molecule has 2 rings (SSSR count). The van der Waals surface area contributed by atoms with E-state index in [1.165, 1.54) is 12.0 Å². The molecule has 1 fully saturated rings. The molecule has 0 spiro atoms. The molecule has 1 saturated heterocycles. The first kappa shape index (κ1) is 12.8. The normalized spacial score (nSPS) is 19.1. The van der Waals surface area contributed by atoms with Crippen LogP contribution in [0.25, 0.3) is 0 Å². The molecule has 96 valence electrons. The predicted molar refractivity (Wildman–Crippen MR) is 71.6 cm³/mol. The first-order valence-electron chi connectivity index (χ1n) is 5.50. The molecule has 1 atom stereocenters. The van der Waals surface area contributed by atoms with Gasteiger partial charge in [-0.3, -0.25) is 9.69 Å². The van der Waals surface area contributed by atoms with Gasteiger partial charge in [-0.15, -0.1) is 0 Å². The molecule has 6 heteroatoms. The molecule has 0 aliphatic carbocycles. The number of rotatable bonds is 3. The summed E-state index contributed by atoms with van der Waals surface area (Å²) >= 11 is 5.12. The van der Waals surface area contributed by atoms with Crippen LogP contribution in [0.3, 0.4) is 0 Å². The maximum absolute atomic E-state index is 12.0. The van der Waals surface area contributed by atoms with Crippen molar-refractivity contribution in [2.45, 2.75) is 19.6 Å². The number of hydrogen-bond donors (Lipinski definition) is 2. The molecular weight excluding hydrogens is 252 g/mol. The number of aliphatic hydroxyl groups excluding tert-OH is 1. The average molecular weight is 266 g/mol. The highest BCUT2D eigenvalue weighted by atomic mass is 32.1. The second kappa shape index (κ2) is 4.91. The summed E-state index contributed by atoms with van der Waals surface area (Å²) in [5.41, 5.74) is 1.25. The standard InChI is InChI=1S/C12H14N2O3S/c1-7-11(16)14(12(18)13-7)9-3-4-10(17-2)8(5-9)6-15/h3-5,7,15H,6H2,1-2H3,(H,13,18)/t7-/m1/s1. The second-order valence-corrected chi connectivity index (χ2v) is 4.39. The van der Waals surface area contributed by atoms with Crippen LogP contribution in [-0.2, 0) is 11.4 Å². The van der Waals surface area contributed by atoms with Crippen LogP contribution < -0.4 is 15.0 Å². The van der Waals surface area contributed by atoms with E-state index in [1.54, 1.807) is 25.1 Å². The van der Waals surface area contributed by atoms with Crippen LogP contribution >= 0.6 is 12.2 Å². The lowest BCUT2D eigenvalue weighted by molar-refractivity contribution is -0.117. The van der Waals surface area contributed by atoms with Gasteiger partial charge in [-0.05, 0) is 37.3 Å². The van der Waals surface area contributed by atoms with Gasteiger partial charge in [-0.2, -0.15) is 0 Å². The molecule has 0 aromatic heterocycles. The van der Waals surface area contributed by atoms with Gasteiger partial charge in [0.1, 0.15) is 11.8 Å². The number of anilines is 1. The number of thiocarbonyl (C=S) groups is 1. The minimum atomic E-state index is -0.322. The molecule has 18 heavy (non-hydrogen) atoms. The Morgan fingerprint density at radius 1 is 1.56 bits per heavy atom. The van der Waals surface area contributed by atoms with E-state index in [0.717, 1.165) is 0 Å². The summed E-state index contributed by atoms with van der Waals surface area (Å²) in [4.78, 5) is 13.4. The number of methoxy groups -OCH3 is 1. The lowest BCUT2D eigenvalue weighted by atomic mass is 10.1. The molecule has 0 radical (unpaired) electrons. The van der Waals surface area contributed by atoms with Crippen molar-refractivity contribution in [3.8, 4) is 5.75 Å². The predicted octanol–water partition coefficient (Wildman–Crippen LogP) is 0.797. The van der Waals surface area contributed by atoms with Crippen LogP contribution in [0.5, 0.6) is 5.75 Å². The first-order chi connectivity index (χ1) is 8.58. The van der Waals surface area contributed by atoms with E-state index in [4.69, 9.17) is 17.0 Å². The Kier molecular flexibility index (Phi) is 3.49. The summed E-state index contributed by atoms with van der Waals surface area (Å²) < 4.78 is 5.12. The number of carbonyl (C=O) groups is 1. The third kappa shape index (κ3) is 2.04. The third-order valence-electron chi connectivity index (χ3n) is 2.83. The van der Waals surface area contributed by atoms with Crippen LogP contribution in [-0.4, -0.2) is 29.3 Å². The van der Waals surface area contributed by atoms with E-state index >= 15 is 0 Å². The van der Waals surface area contributed by atoms with Gasteiger partial charge in [0.25, 0.3) is 5.91 Å². The Morgan fingerprint density at radius 2 is 2.28 bits per heavy atom. The van der Waals surface area contributed by atoms with Crippen molar-refractivity contribution in [2.75, 3.05) is 12.0 Å². The average Bonchev–Trinajstić information content (AvgIpc) is 2.62. The molecule has 1 aromatic carbocycles. The Labute approximate surface area is 110 Å². The summed E-state index contributed by atoms with van der Waals surface area (Å²) in [6.07, 6.45) is 0. The monoisotopic (exact) mass is 266 g/mol. The van der Waals surface area contributed by atoms with Gasteiger partial charge in [-0.25, -0.2) is 0 Å². The number of ether oxygens (including phenoxy) is 1. The van der Waals surface area contributed by atoms with Gasteiger partial charge >= 0.3 is 0 Å². The number of amides is 1. The molecular formula is C12H14N2O3S. The van der Waals surface area contributed by atoms with E-state index in [2.05, 4.69) is 5.32 Å². The van der Waals surface area contributed by atoms with Crippen molar-refractivity contribution >= 4 is 28.9 Å². The minimum absolute atomic E-state index is 0.103. The zero-order valence-corrected chi connectivity index (χ0v) is 11.0. The molecule has 2 N–H and O–H groups in total. The zero-order chi connectivity index (χ0) is 13.3. The maximum Gasteiger partial charge on any atom is 0.255 e. The third-order valence-corrected chi connectivity index (χ3v) is 3.13. The highest BCUT2D eigenvalue weighted by molar-refractivity contribution is 7.80. The van der Waals surface area contributed by atoms with Gasteiger partial charge < -0.3 is 15.2 Å². The Balaban J connectivity index is 2.40. The van der Waals surface area contributed by atoms with Crippen molar-refractivity contribution in [3.63, 3.8) is 0 Å². The van der Waals surface area contributed by atoms with Crippen LogP contribution in [0.4, 0.5) is 5.69 Å². The van der Waals surface area contributed by atoms with Crippen molar-refractivity contribution in [1.29, 1.82) is 0 Å². The van der Waals surface area contributed by atoms with Gasteiger partial charge in [-0.1, -0.05) is 0 Å². The highest BCUT2D eigenvalue weighted by Gasteiger charge is 2.33. The number of hydrogen-bond acceptors (Lipinski definition) is 4. The molecule has 1 aromatic rings. The van der Waals surface area contributed by atoms with Crippen molar-refractivity contribution in [2.24, 2.45) is 0 Å². The van der Waals surface area contributed by atoms with E-state index in [0.29, 0.717) is 22.1 Å². The lowest BCUT2D eigenvalue weighted by Crippen LogP contribution is -2.30. The van der Waals surface area contributed by atoms with E-state index in [1.807, 2.05) is 0 Å². The SMILES string of the molecule is COc1ccc(N2C(=O)[C@@H](C)NC2=S)cc1CO. The smallest absolute Gasteiger partial charge is 0.255 e. The van der Waals surface area contributed by atoms with Crippen molar-refractivity contribution in [3.05, 3.63) is 23.8 Å². The number of aliphatic hydroxyl groups is 1. The number of nitrogens with one attached hydrogen (secondary N) is 1. The topological polar surface area (TPSA) is 61.8 Å². The van der Waals surface area contributed by atoms with Crippen molar-refractivity contribution in [1.82, 2.24) is 5.32 Å². The fourth-order valence-electron chi connectivity index (χ4n) is 1.88. The first-order valence-corrected chi connectivity index (χ1v) is 5.91. The summed E-state index contributed by atoms with van der Waals surface area (Å²) in [5.74, 6) is 0.480. The van der Waals surface area contributed by atoms with Crippen LogP contribution in [0.2, 0.25) is 0 Å². The summed E-state index contributed by atoms with van der Waals surface area (Å²) in [6.45, 7) is 1.60. The fourth-order valence-corrected chi connectivity index (χ4v) is 2.25. The van der Waals surface area contributed by atoms with Gasteiger partial charge in [0.2, 0.25) is 0 Å². The summed E-state index contributed by atoms with van der Waals surface area (Å²) in [6, 6.07) is 4.82.